The summed E-state index contributed by atoms with van der Waals surface area (Å²) in [6.45, 7) is 1.83. The predicted molar refractivity (Wildman–Crippen MR) is 94.9 cm³/mol. The minimum Gasteiger partial charge on any atom is -0.384 e. The molecule has 1 atom stereocenters. The molecule has 0 bridgehead atoms. The molecule has 0 saturated heterocycles. The van der Waals surface area contributed by atoms with Gasteiger partial charge in [-0.2, -0.15) is 11.3 Å². The summed E-state index contributed by atoms with van der Waals surface area (Å²) in [5.74, 6) is 0. The van der Waals surface area contributed by atoms with Gasteiger partial charge in [-0.1, -0.05) is 30.3 Å². The Kier molecular flexibility index (Phi) is 4.32. The molecular formula is C18H18N2O2S. The molecule has 2 aromatic carbocycles. The van der Waals surface area contributed by atoms with E-state index >= 15 is 0 Å². The van der Waals surface area contributed by atoms with Crippen LogP contribution in [0.4, 0.5) is 10.5 Å². The maximum absolute atomic E-state index is 12.0. The first-order valence-electron chi connectivity index (χ1n) is 7.33. The van der Waals surface area contributed by atoms with Crippen LogP contribution in [0.2, 0.25) is 0 Å². The average molecular weight is 326 g/mol. The minimum absolute atomic E-state index is 0.142. The van der Waals surface area contributed by atoms with Crippen molar-refractivity contribution in [3.8, 4) is 0 Å². The van der Waals surface area contributed by atoms with Crippen molar-refractivity contribution in [2.24, 2.45) is 0 Å². The quantitative estimate of drug-likeness (QED) is 0.680. The molecule has 0 radical (unpaired) electrons. The molecule has 0 spiro atoms. The Hall–Kier alpha value is -2.37. The largest absolute Gasteiger partial charge is 0.384 e. The number of urea groups is 1. The minimum atomic E-state index is -1.08. The third-order valence-electron chi connectivity index (χ3n) is 3.74. The van der Waals surface area contributed by atoms with Crippen molar-refractivity contribution in [3.05, 3.63) is 64.9 Å². The number of carbonyl (C=O) groups is 1. The second-order valence-electron chi connectivity index (χ2n) is 5.66. The lowest BCUT2D eigenvalue weighted by atomic mass is 9.99. The molecule has 5 heteroatoms. The van der Waals surface area contributed by atoms with Gasteiger partial charge in [0.05, 0.1) is 6.54 Å². The number of rotatable bonds is 4. The fraction of sp³-hybridized carbons (Fsp3) is 0.167. The number of anilines is 1. The Balaban J connectivity index is 1.62. The van der Waals surface area contributed by atoms with Crippen molar-refractivity contribution in [1.82, 2.24) is 5.32 Å². The smallest absolute Gasteiger partial charge is 0.319 e. The molecular weight excluding hydrogens is 308 g/mol. The van der Waals surface area contributed by atoms with Gasteiger partial charge in [0, 0.05) is 5.69 Å². The normalized spacial score (nSPS) is 13.5. The molecule has 1 aromatic heterocycles. The van der Waals surface area contributed by atoms with Crippen LogP contribution in [0.15, 0.2) is 59.3 Å². The zero-order valence-corrected chi connectivity index (χ0v) is 13.6. The summed E-state index contributed by atoms with van der Waals surface area (Å²) >= 11 is 1.52. The molecule has 3 rings (SSSR count). The number of hydrogen-bond donors (Lipinski definition) is 3. The predicted octanol–water partition coefficient (Wildman–Crippen LogP) is 3.93. The Bertz CT molecular complexity index is 813. The molecule has 0 fully saturated rings. The number of carbonyl (C=O) groups excluding carboxylic acids is 1. The maximum atomic E-state index is 12.0. The van der Waals surface area contributed by atoms with Gasteiger partial charge in [0.2, 0.25) is 0 Å². The highest BCUT2D eigenvalue weighted by molar-refractivity contribution is 7.08. The molecule has 0 aliphatic carbocycles. The van der Waals surface area contributed by atoms with Gasteiger partial charge >= 0.3 is 6.03 Å². The third kappa shape index (κ3) is 3.70. The van der Waals surface area contributed by atoms with E-state index in [1.165, 1.54) is 11.3 Å². The average Bonchev–Trinajstić information content (AvgIpc) is 3.08. The summed E-state index contributed by atoms with van der Waals surface area (Å²) in [4.78, 5) is 12.0. The summed E-state index contributed by atoms with van der Waals surface area (Å²) < 4.78 is 0. The zero-order chi connectivity index (χ0) is 16.3. The van der Waals surface area contributed by atoms with E-state index in [0.29, 0.717) is 0 Å². The van der Waals surface area contributed by atoms with E-state index in [-0.39, 0.29) is 12.6 Å². The molecule has 23 heavy (non-hydrogen) atoms. The standard InChI is InChI=1S/C18H18N2O2S/c1-18(22,15-8-9-23-11-15)12-19-17(21)20-16-7-6-13-4-2-3-5-14(13)10-16/h2-11,22H,12H2,1H3,(H2,19,20,21). The van der Waals surface area contributed by atoms with Crippen molar-refractivity contribution in [2.75, 3.05) is 11.9 Å². The van der Waals surface area contributed by atoms with Crippen molar-refractivity contribution >= 4 is 33.8 Å². The first-order chi connectivity index (χ1) is 11.0. The van der Waals surface area contributed by atoms with Crippen molar-refractivity contribution < 1.29 is 9.90 Å². The highest BCUT2D eigenvalue weighted by Crippen LogP contribution is 2.22. The zero-order valence-electron chi connectivity index (χ0n) is 12.7. The molecule has 118 valence electrons. The van der Waals surface area contributed by atoms with E-state index < -0.39 is 5.60 Å². The van der Waals surface area contributed by atoms with E-state index in [9.17, 15) is 9.90 Å². The van der Waals surface area contributed by atoms with Crippen LogP contribution in [-0.2, 0) is 5.60 Å². The van der Waals surface area contributed by atoms with Crippen molar-refractivity contribution in [2.45, 2.75) is 12.5 Å². The lowest BCUT2D eigenvalue weighted by Crippen LogP contribution is -2.40. The summed E-state index contributed by atoms with van der Waals surface area (Å²) in [6, 6.07) is 15.2. The van der Waals surface area contributed by atoms with Crippen LogP contribution in [0.25, 0.3) is 10.8 Å². The number of fused-ring (bicyclic) bond motifs is 1. The second-order valence-corrected chi connectivity index (χ2v) is 6.44. The number of nitrogens with one attached hydrogen (secondary N) is 2. The molecule has 4 nitrogen and oxygen atoms in total. The molecule has 0 aliphatic heterocycles. The van der Waals surface area contributed by atoms with Crippen LogP contribution in [0.1, 0.15) is 12.5 Å². The summed E-state index contributed by atoms with van der Waals surface area (Å²) in [5, 5.41) is 21.9. The topological polar surface area (TPSA) is 61.4 Å². The van der Waals surface area contributed by atoms with Crippen molar-refractivity contribution in [3.63, 3.8) is 0 Å². The molecule has 3 aromatic rings. The van der Waals surface area contributed by atoms with Crippen molar-refractivity contribution in [1.29, 1.82) is 0 Å². The van der Waals surface area contributed by atoms with E-state index in [1.807, 2.05) is 59.3 Å². The van der Waals surface area contributed by atoms with Gasteiger partial charge in [0.25, 0.3) is 0 Å². The Morgan fingerprint density at radius 3 is 2.70 bits per heavy atom. The van der Waals surface area contributed by atoms with Gasteiger partial charge in [-0.05, 0) is 52.2 Å². The summed E-state index contributed by atoms with van der Waals surface area (Å²) in [6.07, 6.45) is 0. The molecule has 0 saturated carbocycles. The van der Waals surface area contributed by atoms with Crippen LogP contribution in [-0.4, -0.2) is 17.7 Å². The van der Waals surface area contributed by atoms with Crippen LogP contribution in [0.3, 0.4) is 0 Å². The summed E-state index contributed by atoms with van der Waals surface area (Å²) in [5.41, 5.74) is 0.436. The first kappa shape index (κ1) is 15.5. The lowest BCUT2D eigenvalue weighted by Gasteiger charge is -2.22. The number of hydrogen-bond acceptors (Lipinski definition) is 3. The van der Waals surface area contributed by atoms with Gasteiger partial charge in [-0.3, -0.25) is 0 Å². The second kappa shape index (κ2) is 6.40. The van der Waals surface area contributed by atoms with Crippen LogP contribution in [0, 0.1) is 0 Å². The Morgan fingerprint density at radius 2 is 1.96 bits per heavy atom. The molecule has 1 unspecified atom stereocenters. The third-order valence-corrected chi connectivity index (χ3v) is 4.43. The van der Waals surface area contributed by atoms with Gasteiger partial charge in [0.15, 0.2) is 0 Å². The fourth-order valence-electron chi connectivity index (χ4n) is 2.37. The number of aliphatic hydroxyl groups is 1. The maximum Gasteiger partial charge on any atom is 0.319 e. The fourth-order valence-corrected chi connectivity index (χ4v) is 3.15. The van der Waals surface area contributed by atoms with Crippen LogP contribution < -0.4 is 10.6 Å². The SMILES string of the molecule is CC(O)(CNC(=O)Nc1ccc2ccccc2c1)c1ccsc1. The molecule has 1 heterocycles. The molecule has 0 aliphatic rings. The lowest BCUT2D eigenvalue weighted by molar-refractivity contribution is 0.0604. The highest BCUT2D eigenvalue weighted by atomic mass is 32.1. The first-order valence-corrected chi connectivity index (χ1v) is 8.28. The van der Waals surface area contributed by atoms with E-state index in [0.717, 1.165) is 22.0 Å². The molecule has 3 N–H and O–H groups in total. The summed E-state index contributed by atoms with van der Waals surface area (Å²) in [7, 11) is 0. The van der Waals surface area contributed by atoms with Gasteiger partial charge in [0.1, 0.15) is 5.60 Å². The Morgan fingerprint density at radius 1 is 1.17 bits per heavy atom. The number of thiophene rings is 1. The van der Waals surface area contributed by atoms with E-state index in [2.05, 4.69) is 10.6 Å². The van der Waals surface area contributed by atoms with Gasteiger partial charge < -0.3 is 15.7 Å². The van der Waals surface area contributed by atoms with Gasteiger partial charge in [-0.15, -0.1) is 0 Å². The van der Waals surface area contributed by atoms with Crippen LogP contribution >= 0.6 is 11.3 Å². The van der Waals surface area contributed by atoms with E-state index in [4.69, 9.17) is 0 Å². The van der Waals surface area contributed by atoms with E-state index in [1.54, 1.807) is 6.92 Å². The van der Waals surface area contributed by atoms with Gasteiger partial charge in [-0.25, -0.2) is 4.79 Å². The number of amides is 2. The monoisotopic (exact) mass is 326 g/mol. The molecule has 2 amide bonds. The van der Waals surface area contributed by atoms with Crippen LogP contribution in [0.5, 0.6) is 0 Å². The number of benzene rings is 2. The highest BCUT2D eigenvalue weighted by Gasteiger charge is 2.24. The Labute approximate surface area is 138 Å².